The van der Waals surface area contributed by atoms with E-state index in [1.165, 1.54) is 11.9 Å². The number of benzene rings is 2. The average Bonchev–Trinajstić information content (AvgIpc) is 3.02. The number of aryl methyl sites for hydroxylation is 2. The van der Waals surface area contributed by atoms with Crippen molar-refractivity contribution in [2.75, 3.05) is 25.5 Å². The van der Waals surface area contributed by atoms with Gasteiger partial charge in [-0.3, -0.25) is 19.3 Å². The summed E-state index contributed by atoms with van der Waals surface area (Å²) in [6.45, 7) is 4.95. The van der Waals surface area contributed by atoms with Crippen LogP contribution in [-0.4, -0.2) is 53.7 Å². The molecular formula is C24H28N4O4. The number of nitrogens with one attached hydrogen (secondary N) is 2. The SMILES string of the molecule is CC[C@]1(c2ccccc2)NC(=O)N(CC(=O)N(C)CC(=O)Nc2c(C)cccc2C)C1=O. The zero-order valence-corrected chi connectivity index (χ0v) is 18.8. The first-order valence-electron chi connectivity index (χ1n) is 10.5. The summed E-state index contributed by atoms with van der Waals surface area (Å²) in [5.74, 6) is -1.34. The van der Waals surface area contributed by atoms with E-state index in [9.17, 15) is 19.2 Å². The van der Waals surface area contributed by atoms with Crippen LogP contribution in [0.25, 0.3) is 0 Å². The zero-order valence-electron chi connectivity index (χ0n) is 18.8. The van der Waals surface area contributed by atoms with Gasteiger partial charge in [-0.05, 0) is 37.0 Å². The molecule has 1 fully saturated rings. The molecule has 2 aromatic carbocycles. The minimum Gasteiger partial charge on any atom is -0.335 e. The first kappa shape index (κ1) is 23.0. The molecule has 8 heteroatoms. The predicted molar refractivity (Wildman–Crippen MR) is 121 cm³/mol. The second-order valence-electron chi connectivity index (χ2n) is 8.01. The highest BCUT2D eigenvalue weighted by atomic mass is 16.2. The first-order chi connectivity index (χ1) is 15.2. The normalized spacial score (nSPS) is 17.8. The van der Waals surface area contributed by atoms with Crippen LogP contribution in [-0.2, 0) is 19.9 Å². The molecule has 0 spiro atoms. The van der Waals surface area contributed by atoms with E-state index in [4.69, 9.17) is 0 Å². The number of carbonyl (C=O) groups is 4. The van der Waals surface area contributed by atoms with E-state index in [-0.39, 0.29) is 12.5 Å². The van der Waals surface area contributed by atoms with Gasteiger partial charge < -0.3 is 15.5 Å². The molecule has 5 amide bonds. The molecule has 0 radical (unpaired) electrons. The van der Waals surface area contributed by atoms with E-state index < -0.39 is 29.9 Å². The van der Waals surface area contributed by atoms with Crippen LogP contribution in [0, 0.1) is 13.8 Å². The second kappa shape index (κ2) is 9.21. The van der Waals surface area contributed by atoms with Crippen LogP contribution in [0.15, 0.2) is 48.5 Å². The third-order valence-electron chi connectivity index (χ3n) is 5.82. The highest BCUT2D eigenvalue weighted by Crippen LogP contribution is 2.32. The Morgan fingerprint density at radius 3 is 2.25 bits per heavy atom. The van der Waals surface area contributed by atoms with Crippen LogP contribution in [0.3, 0.4) is 0 Å². The Kier molecular flexibility index (Phi) is 6.62. The summed E-state index contributed by atoms with van der Waals surface area (Å²) in [6.07, 6.45) is 0.348. The van der Waals surface area contributed by atoms with E-state index in [0.717, 1.165) is 16.0 Å². The van der Waals surface area contributed by atoms with Gasteiger partial charge in [0.15, 0.2) is 0 Å². The highest BCUT2D eigenvalue weighted by molar-refractivity contribution is 6.09. The van der Waals surface area contributed by atoms with Gasteiger partial charge >= 0.3 is 6.03 Å². The Bertz CT molecular complexity index is 1030. The van der Waals surface area contributed by atoms with Crippen LogP contribution < -0.4 is 10.6 Å². The number of amides is 5. The maximum atomic E-state index is 13.2. The fourth-order valence-electron chi connectivity index (χ4n) is 3.88. The summed E-state index contributed by atoms with van der Waals surface area (Å²) in [6, 6.07) is 14.0. The molecule has 1 heterocycles. The summed E-state index contributed by atoms with van der Waals surface area (Å²) in [7, 11) is 1.47. The molecular weight excluding hydrogens is 408 g/mol. The molecule has 0 bridgehead atoms. The summed E-state index contributed by atoms with van der Waals surface area (Å²) >= 11 is 0. The quantitative estimate of drug-likeness (QED) is 0.652. The van der Waals surface area contributed by atoms with Crippen molar-refractivity contribution in [2.45, 2.75) is 32.7 Å². The molecule has 1 saturated heterocycles. The van der Waals surface area contributed by atoms with Crippen molar-refractivity contribution in [3.63, 3.8) is 0 Å². The maximum absolute atomic E-state index is 13.2. The first-order valence-corrected chi connectivity index (χ1v) is 10.5. The van der Waals surface area contributed by atoms with Crippen molar-refractivity contribution in [3.8, 4) is 0 Å². The van der Waals surface area contributed by atoms with E-state index >= 15 is 0 Å². The summed E-state index contributed by atoms with van der Waals surface area (Å²) in [5.41, 5.74) is 2.02. The molecule has 8 nitrogen and oxygen atoms in total. The minimum absolute atomic E-state index is 0.201. The summed E-state index contributed by atoms with van der Waals surface area (Å²) < 4.78 is 0. The fourth-order valence-corrected chi connectivity index (χ4v) is 3.88. The molecule has 168 valence electrons. The van der Waals surface area contributed by atoms with Gasteiger partial charge in [-0.2, -0.15) is 0 Å². The van der Waals surface area contributed by atoms with Crippen molar-refractivity contribution in [1.82, 2.24) is 15.1 Å². The van der Waals surface area contributed by atoms with Crippen LogP contribution >= 0.6 is 0 Å². The van der Waals surface area contributed by atoms with Gasteiger partial charge in [0.1, 0.15) is 12.1 Å². The van der Waals surface area contributed by atoms with E-state index in [1.54, 1.807) is 31.2 Å². The molecule has 3 rings (SSSR count). The molecule has 1 atom stereocenters. The van der Waals surface area contributed by atoms with Gasteiger partial charge in [0, 0.05) is 12.7 Å². The molecule has 0 aromatic heterocycles. The van der Waals surface area contributed by atoms with Gasteiger partial charge in [0.05, 0.1) is 6.54 Å². The number of hydrogen-bond donors (Lipinski definition) is 2. The Balaban J connectivity index is 1.66. The van der Waals surface area contributed by atoms with Gasteiger partial charge in [-0.1, -0.05) is 55.5 Å². The molecule has 2 N–H and O–H groups in total. The summed E-state index contributed by atoms with van der Waals surface area (Å²) in [5, 5.41) is 5.58. The number of nitrogens with zero attached hydrogens (tertiary/aromatic N) is 2. The Morgan fingerprint density at radius 2 is 1.66 bits per heavy atom. The minimum atomic E-state index is -1.20. The van der Waals surface area contributed by atoms with Gasteiger partial charge in [0.25, 0.3) is 5.91 Å². The number of para-hydroxylation sites is 1. The number of anilines is 1. The Hall–Kier alpha value is -3.68. The largest absolute Gasteiger partial charge is 0.335 e. The second-order valence-corrected chi connectivity index (χ2v) is 8.01. The summed E-state index contributed by atoms with van der Waals surface area (Å²) in [4.78, 5) is 53.0. The fraction of sp³-hybridized carbons (Fsp3) is 0.333. The standard InChI is InChI=1S/C24H28N4O4/c1-5-24(18-12-7-6-8-13-18)22(31)28(23(32)26-24)15-20(30)27(4)14-19(29)25-21-16(2)10-9-11-17(21)3/h6-13H,5,14-15H2,1-4H3,(H,25,29)(H,26,32)/t24-/m1/s1. The number of carbonyl (C=O) groups excluding carboxylic acids is 4. The van der Waals surface area contributed by atoms with Crippen molar-refractivity contribution >= 4 is 29.4 Å². The molecule has 0 unspecified atom stereocenters. The number of rotatable bonds is 7. The third-order valence-corrected chi connectivity index (χ3v) is 5.82. The number of imide groups is 1. The lowest BCUT2D eigenvalue weighted by atomic mass is 9.87. The van der Waals surface area contributed by atoms with Crippen LogP contribution in [0.1, 0.15) is 30.0 Å². The number of hydrogen-bond acceptors (Lipinski definition) is 4. The lowest BCUT2D eigenvalue weighted by Crippen LogP contribution is -2.46. The number of urea groups is 1. The maximum Gasteiger partial charge on any atom is 0.325 e. The molecule has 1 aliphatic rings. The van der Waals surface area contributed by atoms with E-state index in [1.807, 2.05) is 38.1 Å². The Labute approximate surface area is 187 Å². The lowest BCUT2D eigenvalue weighted by Gasteiger charge is -2.26. The Morgan fingerprint density at radius 1 is 1.03 bits per heavy atom. The van der Waals surface area contributed by atoms with Crippen LogP contribution in [0.4, 0.5) is 10.5 Å². The molecule has 0 aliphatic carbocycles. The van der Waals surface area contributed by atoms with E-state index in [2.05, 4.69) is 10.6 Å². The molecule has 0 saturated carbocycles. The monoisotopic (exact) mass is 436 g/mol. The smallest absolute Gasteiger partial charge is 0.325 e. The van der Waals surface area contributed by atoms with Crippen molar-refractivity contribution in [1.29, 1.82) is 0 Å². The van der Waals surface area contributed by atoms with E-state index in [0.29, 0.717) is 17.7 Å². The third kappa shape index (κ3) is 4.34. The van der Waals surface area contributed by atoms with Gasteiger partial charge in [-0.25, -0.2) is 4.79 Å². The molecule has 1 aliphatic heterocycles. The van der Waals surface area contributed by atoms with Gasteiger partial charge in [0.2, 0.25) is 11.8 Å². The van der Waals surface area contributed by atoms with Crippen molar-refractivity contribution < 1.29 is 19.2 Å². The topological polar surface area (TPSA) is 98.8 Å². The van der Waals surface area contributed by atoms with Crippen molar-refractivity contribution in [3.05, 3.63) is 65.2 Å². The zero-order chi connectivity index (χ0) is 23.5. The molecule has 2 aromatic rings. The van der Waals surface area contributed by atoms with Gasteiger partial charge in [-0.15, -0.1) is 0 Å². The molecule has 32 heavy (non-hydrogen) atoms. The van der Waals surface area contributed by atoms with Crippen LogP contribution in [0.2, 0.25) is 0 Å². The predicted octanol–water partition coefficient (Wildman–Crippen LogP) is 2.56. The van der Waals surface area contributed by atoms with Crippen LogP contribution in [0.5, 0.6) is 0 Å². The van der Waals surface area contributed by atoms with Crippen molar-refractivity contribution in [2.24, 2.45) is 0 Å². The average molecular weight is 437 g/mol. The highest BCUT2D eigenvalue weighted by Gasteiger charge is 2.51. The number of likely N-dealkylation sites (N-methyl/N-ethyl adjacent to an activating group) is 1. The lowest BCUT2D eigenvalue weighted by molar-refractivity contribution is -0.139.